The fourth-order valence-corrected chi connectivity index (χ4v) is 7.79. The summed E-state index contributed by atoms with van der Waals surface area (Å²) in [5, 5.41) is 9.34. The van der Waals surface area contributed by atoms with Gasteiger partial charge in [0.05, 0.1) is 5.92 Å². The maximum absolute atomic E-state index is 13.2. The van der Waals surface area contributed by atoms with E-state index in [0.717, 1.165) is 44.9 Å². The molecule has 0 bridgehead atoms. The van der Waals surface area contributed by atoms with E-state index in [1.54, 1.807) is 0 Å². The summed E-state index contributed by atoms with van der Waals surface area (Å²) in [6.45, 7) is 1.89. The minimum Gasteiger partial charge on any atom is -0.389 e. The first-order valence-corrected chi connectivity index (χ1v) is 10.5. The third kappa shape index (κ3) is 2.84. The normalized spacial score (nSPS) is 48.4. The number of alkyl halides is 3. The van der Waals surface area contributed by atoms with Crippen LogP contribution >= 0.6 is 0 Å². The van der Waals surface area contributed by atoms with Crippen LogP contribution in [0, 0.1) is 46.8 Å². The summed E-state index contributed by atoms with van der Waals surface area (Å²) in [6, 6.07) is 0. The van der Waals surface area contributed by atoms with E-state index in [0.29, 0.717) is 36.5 Å². The van der Waals surface area contributed by atoms with Crippen LogP contribution in [0.2, 0.25) is 0 Å². The predicted molar refractivity (Wildman–Crippen MR) is 92.2 cm³/mol. The van der Waals surface area contributed by atoms with Crippen molar-refractivity contribution in [2.45, 2.75) is 70.9 Å². The third-order valence-electron chi connectivity index (χ3n) is 8.96. The van der Waals surface area contributed by atoms with Crippen molar-refractivity contribution >= 4 is 5.78 Å². The van der Waals surface area contributed by atoms with Crippen LogP contribution in [0.1, 0.15) is 64.7 Å². The zero-order valence-corrected chi connectivity index (χ0v) is 15.6. The van der Waals surface area contributed by atoms with Crippen molar-refractivity contribution in [1.29, 1.82) is 0 Å². The molecule has 0 spiro atoms. The molecule has 1 unspecified atom stereocenters. The Morgan fingerprint density at radius 3 is 2.42 bits per heavy atom. The maximum Gasteiger partial charge on any atom is 0.391 e. The molecular formula is C21H31F3O2. The maximum atomic E-state index is 13.2. The molecule has 0 aliphatic heterocycles. The van der Waals surface area contributed by atoms with E-state index in [-0.39, 0.29) is 29.6 Å². The molecule has 0 aromatic heterocycles. The summed E-state index contributed by atoms with van der Waals surface area (Å²) in [4.78, 5) is 12.2. The van der Waals surface area contributed by atoms with Gasteiger partial charge in [-0.05, 0) is 92.8 Å². The highest BCUT2D eigenvalue weighted by Crippen LogP contribution is 2.64. The number of carbonyl (C=O) groups excluding carboxylic acids is 1. The van der Waals surface area contributed by atoms with Crippen LogP contribution in [0.15, 0.2) is 0 Å². The highest BCUT2D eigenvalue weighted by molar-refractivity contribution is 5.83. The lowest BCUT2D eigenvalue weighted by Gasteiger charge is -2.56. The molecule has 4 fully saturated rings. The van der Waals surface area contributed by atoms with Crippen LogP contribution in [-0.4, -0.2) is 23.7 Å². The molecule has 26 heavy (non-hydrogen) atoms. The molecule has 4 rings (SSSR count). The fourth-order valence-electron chi connectivity index (χ4n) is 7.79. The third-order valence-corrected chi connectivity index (χ3v) is 8.96. The molecule has 4 aliphatic carbocycles. The predicted octanol–water partition coefficient (Wildman–Crippen LogP) is 5.00. The first-order chi connectivity index (χ1) is 12.3. The average Bonchev–Trinajstić information content (AvgIpc) is 2.96. The average molecular weight is 372 g/mol. The van der Waals surface area contributed by atoms with Crippen LogP contribution < -0.4 is 0 Å². The lowest BCUT2D eigenvalue weighted by atomic mass is 9.49. The van der Waals surface area contributed by atoms with Gasteiger partial charge in [0.15, 0.2) is 5.78 Å². The quantitative estimate of drug-likeness (QED) is 0.741. The number of hydrogen-bond donors (Lipinski definition) is 1. The van der Waals surface area contributed by atoms with E-state index in [4.69, 9.17) is 0 Å². The zero-order chi connectivity index (χ0) is 18.7. The molecule has 0 radical (unpaired) electrons. The van der Waals surface area contributed by atoms with E-state index in [1.807, 2.05) is 0 Å². The topological polar surface area (TPSA) is 37.3 Å². The summed E-state index contributed by atoms with van der Waals surface area (Å²) in [6.07, 6.45) is 3.32. The van der Waals surface area contributed by atoms with E-state index >= 15 is 0 Å². The lowest BCUT2D eigenvalue weighted by molar-refractivity contribution is -0.196. The minimum absolute atomic E-state index is 0.00299. The Labute approximate surface area is 153 Å². The van der Waals surface area contributed by atoms with E-state index in [9.17, 15) is 23.1 Å². The van der Waals surface area contributed by atoms with Crippen molar-refractivity contribution in [3.63, 3.8) is 0 Å². The molecule has 8 atom stereocenters. The van der Waals surface area contributed by atoms with Crippen molar-refractivity contribution in [3.8, 4) is 0 Å². The number of hydrogen-bond acceptors (Lipinski definition) is 2. The number of fused-ring (bicyclic) bond motifs is 5. The summed E-state index contributed by atoms with van der Waals surface area (Å²) in [5.74, 6) is 1.25. The van der Waals surface area contributed by atoms with Gasteiger partial charge in [0.2, 0.25) is 0 Å². The Morgan fingerprint density at radius 1 is 1.00 bits per heavy atom. The largest absolute Gasteiger partial charge is 0.391 e. The van der Waals surface area contributed by atoms with Gasteiger partial charge in [0, 0.05) is 5.92 Å². The van der Waals surface area contributed by atoms with Crippen LogP contribution in [0.4, 0.5) is 13.2 Å². The van der Waals surface area contributed by atoms with Gasteiger partial charge >= 0.3 is 6.18 Å². The van der Waals surface area contributed by atoms with Crippen molar-refractivity contribution in [3.05, 3.63) is 0 Å². The molecule has 1 N–H and O–H groups in total. The SMILES string of the molecule is C[C@]12CCC3[C@H]4CC[C@H](C(F)(F)F)C[C@H]4CC[C@H]3[C@@H]1CC[C@@H]2C(=O)CO. The Balaban J connectivity index is 1.50. The van der Waals surface area contributed by atoms with Gasteiger partial charge in [-0.25, -0.2) is 0 Å². The Kier molecular flexibility index (Phi) is 4.69. The van der Waals surface area contributed by atoms with Gasteiger partial charge in [-0.15, -0.1) is 0 Å². The molecule has 148 valence electrons. The molecule has 5 heteroatoms. The van der Waals surface area contributed by atoms with Gasteiger partial charge in [-0.3, -0.25) is 4.79 Å². The molecule has 0 amide bonds. The first kappa shape index (κ1) is 18.8. The van der Waals surface area contributed by atoms with Crippen molar-refractivity contribution in [2.75, 3.05) is 6.61 Å². The molecule has 4 aliphatic rings. The Morgan fingerprint density at radius 2 is 1.73 bits per heavy atom. The number of rotatable bonds is 2. The van der Waals surface area contributed by atoms with Crippen molar-refractivity contribution in [2.24, 2.45) is 46.8 Å². The summed E-state index contributed by atoms with van der Waals surface area (Å²) < 4.78 is 39.5. The van der Waals surface area contributed by atoms with Gasteiger partial charge in [-0.1, -0.05) is 6.92 Å². The van der Waals surface area contributed by atoms with E-state index in [1.165, 1.54) is 0 Å². The number of Topliss-reactive ketones (excluding diaryl/α,β-unsaturated/α-hetero) is 1. The van der Waals surface area contributed by atoms with Crippen molar-refractivity contribution in [1.82, 2.24) is 0 Å². The fraction of sp³-hybridized carbons (Fsp3) is 0.952. The second-order valence-electron chi connectivity index (χ2n) is 9.79. The second kappa shape index (κ2) is 6.49. The second-order valence-corrected chi connectivity index (χ2v) is 9.79. The molecular weight excluding hydrogens is 341 g/mol. The van der Waals surface area contributed by atoms with Gasteiger partial charge in [0.25, 0.3) is 0 Å². The molecule has 0 saturated heterocycles. The van der Waals surface area contributed by atoms with E-state index in [2.05, 4.69) is 6.92 Å². The Hall–Kier alpha value is -0.580. The number of halogens is 3. The monoisotopic (exact) mass is 372 g/mol. The lowest BCUT2D eigenvalue weighted by Crippen LogP contribution is -2.50. The van der Waals surface area contributed by atoms with Crippen LogP contribution in [0.5, 0.6) is 0 Å². The zero-order valence-electron chi connectivity index (χ0n) is 15.6. The Bertz CT molecular complexity index is 560. The van der Waals surface area contributed by atoms with Crippen LogP contribution in [0.25, 0.3) is 0 Å². The number of carbonyl (C=O) groups is 1. The van der Waals surface area contributed by atoms with Crippen molar-refractivity contribution < 1.29 is 23.1 Å². The summed E-state index contributed by atoms with van der Waals surface area (Å²) in [5.41, 5.74) is -0.00299. The highest BCUT2D eigenvalue weighted by atomic mass is 19.4. The summed E-state index contributed by atoms with van der Waals surface area (Å²) in [7, 11) is 0. The highest BCUT2D eigenvalue weighted by Gasteiger charge is 2.59. The molecule has 0 aromatic carbocycles. The molecule has 0 aromatic rings. The standard InChI is InChI=1S/C21H31F3O2/c1-20-9-8-15-14-5-3-13(21(22,23)24)10-12(14)2-4-16(15)17(20)6-7-18(20)19(26)11-25/h12-18,25H,2-11H2,1H3/t12-,13+,14+,15?,16-,17+,18-,20+/m1/s1. The van der Waals surface area contributed by atoms with Crippen LogP contribution in [0.3, 0.4) is 0 Å². The summed E-state index contributed by atoms with van der Waals surface area (Å²) >= 11 is 0. The number of aliphatic hydroxyl groups is 1. The molecule has 4 saturated carbocycles. The minimum atomic E-state index is -4.03. The van der Waals surface area contributed by atoms with E-state index < -0.39 is 12.1 Å². The molecule has 0 heterocycles. The number of aliphatic hydroxyl groups excluding tert-OH is 1. The smallest absolute Gasteiger partial charge is 0.389 e. The number of ketones is 1. The molecule has 2 nitrogen and oxygen atoms in total. The van der Waals surface area contributed by atoms with Gasteiger partial charge < -0.3 is 5.11 Å². The van der Waals surface area contributed by atoms with Crippen LogP contribution in [-0.2, 0) is 4.79 Å². The van der Waals surface area contributed by atoms with Gasteiger partial charge in [-0.2, -0.15) is 13.2 Å². The first-order valence-electron chi connectivity index (χ1n) is 10.5. The van der Waals surface area contributed by atoms with Gasteiger partial charge in [0.1, 0.15) is 6.61 Å².